The first-order valence-electron chi connectivity index (χ1n) is 5.08. The van der Waals surface area contributed by atoms with Crippen LogP contribution in [0.1, 0.15) is 6.92 Å². The maximum Gasteiger partial charge on any atom is 0.251 e. The Balaban J connectivity index is 2.31. The molecule has 84 valence electrons. The van der Waals surface area contributed by atoms with Gasteiger partial charge in [0.1, 0.15) is 0 Å². The van der Waals surface area contributed by atoms with E-state index in [-0.39, 0.29) is 6.54 Å². The molecule has 0 aromatic rings. The van der Waals surface area contributed by atoms with Crippen molar-refractivity contribution in [1.29, 1.82) is 0 Å². The molecule has 0 aromatic carbocycles. The maximum atomic E-state index is 12.1. The van der Waals surface area contributed by atoms with Gasteiger partial charge in [0.25, 0.3) is 6.43 Å². The highest BCUT2D eigenvalue weighted by Gasteiger charge is 2.24. The van der Waals surface area contributed by atoms with E-state index in [4.69, 9.17) is 5.73 Å². The fraction of sp³-hybridized carbons (Fsp3) is 1.00. The molecule has 1 heterocycles. The second kappa shape index (κ2) is 5.58. The van der Waals surface area contributed by atoms with Crippen LogP contribution in [0.4, 0.5) is 8.78 Å². The zero-order valence-corrected chi connectivity index (χ0v) is 8.63. The van der Waals surface area contributed by atoms with E-state index in [1.807, 2.05) is 4.90 Å². The highest BCUT2D eigenvalue weighted by molar-refractivity contribution is 4.79. The molecule has 0 bridgehead atoms. The Morgan fingerprint density at radius 1 is 1.43 bits per heavy atom. The Hall–Kier alpha value is -0.260. The molecule has 5 heteroatoms. The molecule has 0 radical (unpaired) electrons. The fourth-order valence-electron chi connectivity index (χ4n) is 1.93. The topological polar surface area (TPSA) is 32.5 Å². The largest absolute Gasteiger partial charge is 0.329 e. The Morgan fingerprint density at radius 2 is 2.14 bits per heavy atom. The van der Waals surface area contributed by atoms with Crippen LogP contribution >= 0.6 is 0 Å². The van der Waals surface area contributed by atoms with E-state index in [2.05, 4.69) is 11.8 Å². The molecule has 0 saturated carbocycles. The summed E-state index contributed by atoms with van der Waals surface area (Å²) in [6.45, 7) is 5.78. The van der Waals surface area contributed by atoms with E-state index in [0.717, 1.165) is 26.2 Å². The van der Waals surface area contributed by atoms with E-state index in [1.165, 1.54) is 0 Å². The van der Waals surface area contributed by atoms with Gasteiger partial charge in [-0.1, -0.05) is 0 Å². The van der Waals surface area contributed by atoms with E-state index in [9.17, 15) is 8.78 Å². The predicted octanol–water partition coefficient (Wildman–Crippen LogP) is 0.216. The Morgan fingerprint density at radius 3 is 2.64 bits per heavy atom. The van der Waals surface area contributed by atoms with Crippen LogP contribution in [0.2, 0.25) is 0 Å². The first-order valence-corrected chi connectivity index (χ1v) is 5.08. The normalized spacial score (nSPS) is 25.9. The molecule has 2 N–H and O–H groups in total. The smallest absolute Gasteiger partial charge is 0.251 e. The second-order valence-corrected chi connectivity index (χ2v) is 3.82. The van der Waals surface area contributed by atoms with Crippen LogP contribution in [0.15, 0.2) is 0 Å². The summed E-state index contributed by atoms with van der Waals surface area (Å²) in [5.41, 5.74) is 5.46. The van der Waals surface area contributed by atoms with Crippen LogP contribution in [-0.2, 0) is 0 Å². The van der Waals surface area contributed by atoms with Gasteiger partial charge in [-0.3, -0.25) is 9.80 Å². The highest BCUT2D eigenvalue weighted by Crippen LogP contribution is 2.10. The van der Waals surface area contributed by atoms with E-state index in [1.54, 1.807) is 0 Å². The summed E-state index contributed by atoms with van der Waals surface area (Å²) in [6, 6.07) is 0.339. The van der Waals surface area contributed by atoms with Crippen molar-refractivity contribution < 1.29 is 8.78 Å². The van der Waals surface area contributed by atoms with E-state index in [0.29, 0.717) is 12.6 Å². The molecule has 1 atom stereocenters. The monoisotopic (exact) mass is 207 g/mol. The summed E-state index contributed by atoms with van der Waals surface area (Å²) < 4.78 is 24.2. The van der Waals surface area contributed by atoms with Gasteiger partial charge in [0.15, 0.2) is 0 Å². The molecule has 1 unspecified atom stereocenters. The van der Waals surface area contributed by atoms with Crippen LogP contribution in [-0.4, -0.2) is 61.5 Å². The highest BCUT2D eigenvalue weighted by atomic mass is 19.3. The third-order valence-corrected chi connectivity index (χ3v) is 2.66. The number of alkyl halides is 2. The van der Waals surface area contributed by atoms with Gasteiger partial charge in [-0.05, 0) is 6.92 Å². The summed E-state index contributed by atoms with van der Waals surface area (Å²) >= 11 is 0. The molecule has 0 amide bonds. The summed E-state index contributed by atoms with van der Waals surface area (Å²) in [5, 5.41) is 0. The first-order chi connectivity index (χ1) is 6.63. The number of hydrogen-bond acceptors (Lipinski definition) is 3. The molecule has 0 spiro atoms. The molecule has 0 aromatic heterocycles. The standard InChI is InChI=1S/C9H19F2N3/c1-8-6-13(7-9(10)11)4-5-14(8)3-2-12/h8-9H,2-7,12H2,1H3. The molecular formula is C9H19F2N3. The molecule has 1 rings (SSSR count). The SMILES string of the molecule is CC1CN(CC(F)F)CCN1CCN. The minimum atomic E-state index is -2.22. The van der Waals surface area contributed by atoms with Gasteiger partial charge < -0.3 is 5.73 Å². The summed E-state index contributed by atoms with van der Waals surface area (Å²) in [6.07, 6.45) is -2.22. The van der Waals surface area contributed by atoms with Crippen molar-refractivity contribution in [3.8, 4) is 0 Å². The van der Waals surface area contributed by atoms with Gasteiger partial charge in [0, 0.05) is 38.8 Å². The van der Waals surface area contributed by atoms with Crippen LogP contribution < -0.4 is 5.73 Å². The van der Waals surface area contributed by atoms with Crippen LogP contribution in [0.5, 0.6) is 0 Å². The lowest BCUT2D eigenvalue weighted by molar-refractivity contribution is 0.0348. The van der Waals surface area contributed by atoms with Crippen LogP contribution in [0.3, 0.4) is 0 Å². The van der Waals surface area contributed by atoms with Crippen molar-refractivity contribution in [2.24, 2.45) is 5.73 Å². The van der Waals surface area contributed by atoms with Gasteiger partial charge in [0.2, 0.25) is 0 Å². The molecule has 14 heavy (non-hydrogen) atoms. The quantitative estimate of drug-likeness (QED) is 0.715. The van der Waals surface area contributed by atoms with E-state index >= 15 is 0 Å². The number of nitrogens with two attached hydrogens (primary N) is 1. The lowest BCUT2D eigenvalue weighted by atomic mass is 10.2. The van der Waals surface area contributed by atoms with Crippen molar-refractivity contribution in [2.45, 2.75) is 19.4 Å². The average Bonchev–Trinajstić information content (AvgIpc) is 2.09. The number of halogens is 2. The maximum absolute atomic E-state index is 12.1. The van der Waals surface area contributed by atoms with Gasteiger partial charge >= 0.3 is 0 Å². The number of hydrogen-bond donors (Lipinski definition) is 1. The zero-order valence-electron chi connectivity index (χ0n) is 8.63. The molecule has 1 aliphatic rings. The number of nitrogens with zero attached hydrogens (tertiary/aromatic N) is 2. The average molecular weight is 207 g/mol. The number of piperazine rings is 1. The van der Waals surface area contributed by atoms with Gasteiger partial charge in [-0.2, -0.15) is 0 Å². The lowest BCUT2D eigenvalue weighted by Crippen LogP contribution is -2.53. The van der Waals surface area contributed by atoms with Gasteiger partial charge in [-0.15, -0.1) is 0 Å². The Labute approximate surface area is 83.8 Å². The first kappa shape index (κ1) is 11.8. The van der Waals surface area contributed by atoms with Crippen molar-refractivity contribution in [3.05, 3.63) is 0 Å². The van der Waals surface area contributed by atoms with Crippen molar-refractivity contribution in [3.63, 3.8) is 0 Å². The molecule has 1 saturated heterocycles. The third kappa shape index (κ3) is 3.48. The predicted molar refractivity (Wildman–Crippen MR) is 52.5 cm³/mol. The molecule has 1 fully saturated rings. The Kier molecular flexibility index (Phi) is 4.71. The second-order valence-electron chi connectivity index (χ2n) is 3.82. The van der Waals surface area contributed by atoms with E-state index < -0.39 is 6.43 Å². The van der Waals surface area contributed by atoms with Crippen LogP contribution in [0.25, 0.3) is 0 Å². The Bertz CT molecular complexity index is 166. The van der Waals surface area contributed by atoms with Crippen molar-refractivity contribution in [1.82, 2.24) is 9.80 Å². The lowest BCUT2D eigenvalue weighted by Gasteiger charge is -2.39. The minimum Gasteiger partial charge on any atom is -0.329 e. The summed E-state index contributed by atoms with van der Waals surface area (Å²) in [7, 11) is 0. The fourth-order valence-corrected chi connectivity index (χ4v) is 1.93. The molecule has 0 aliphatic carbocycles. The van der Waals surface area contributed by atoms with Crippen molar-refractivity contribution >= 4 is 0 Å². The minimum absolute atomic E-state index is 0.0964. The van der Waals surface area contributed by atoms with Crippen molar-refractivity contribution in [2.75, 3.05) is 39.3 Å². The molecule has 1 aliphatic heterocycles. The third-order valence-electron chi connectivity index (χ3n) is 2.66. The zero-order chi connectivity index (χ0) is 10.6. The van der Waals surface area contributed by atoms with Gasteiger partial charge in [0.05, 0.1) is 6.54 Å². The summed E-state index contributed by atoms with van der Waals surface area (Å²) in [5.74, 6) is 0. The van der Waals surface area contributed by atoms with Crippen LogP contribution in [0, 0.1) is 0 Å². The molecule has 3 nitrogen and oxygen atoms in total. The summed E-state index contributed by atoms with van der Waals surface area (Å²) in [4.78, 5) is 4.07. The molecular weight excluding hydrogens is 188 g/mol. The number of rotatable bonds is 4. The van der Waals surface area contributed by atoms with Gasteiger partial charge in [-0.25, -0.2) is 8.78 Å².